The van der Waals surface area contributed by atoms with Gasteiger partial charge in [-0.3, -0.25) is 0 Å². The van der Waals surface area contributed by atoms with Crippen LogP contribution >= 0.6 is 0 Å². The summed E-state index contributed by atoms with van der Waals surface area (Å²) in [4.78, 5) is 0. The summed E-state index contributed by atoms with van der Waals surface area (Å²) in [6.45, 7) is 8.23. The maximum atomic E-state index is 5.70. The molecule has 1 aliphatic heterocycles. The molecular formula is C14H20O2. The quantitative estimate of drug-likeness (QED) is 0.759. The molecule has 2 rings (SSSR count). The van der Waals surface area contributed by atoms with E-state index in [2.05, 4.69) is 32.9 Å². The van der Waals surface area contributed by atoms with Crippen LogP contribution in [0, 0.1) is 0 Å². The lowest BCUT2D eigenvalue weighted by Crippen LogP contribution is -2.15. The van der Waals surface area contributed by atoms with Gasteiger partial charge in [0.1, 0.15) is 0 Å². The molecule has 1 heterocycles. The number of hydrogen-bond donors (Lipinski definition) is 0. The van der Waals surface area contributed by atoms with Crippen molar-refractivity contribution in [2.45, 2.75) is 39.0 Å². The van der Waals surface area contributed by atoms with E-state index in [4.69, 9.17) is 9.47 Å². The Hall–Kier alpha value is -1.18. The summed E-state index contributed by atoms with van der Waals surface area (Å²) in [5, 5.41) is 0. The van der Waals surface area contributed by atoms with Gasteiger partial charge in [0, 0.05) is 6.42 Å². The Labute approximate surface area is 97.6 Å². The monoisotopic (exact) mass is 220 g/mol. The standard InChI is InChI=1S/C14H20O2/c1-4-14(2,3)11-6-7-12-13(10-11)16-9-5-8-15-12/h6-7,10H,4-5,8-9H2,1-3H3. The van der Waals surface area contributed by atoms with Gasteiger partial charge in [0.2, 0.25) is 0 Å². The second-order valence-corrected chi connectivity index (χ2v) is 4.95. The van der Waals surface area contributed by atoms with Crippen LogP contribution in [-0.2, 0) is 5.41 Å². The first-order chi connectivity index (χ1) is 7.63. The molecule has 16 heavy (non-hydrogen) atoms. The summed E-state index contributed by atoms with van der Waals surface area (Å²) in [5.41, 5.74) is 1.52. The summed E-state index contributed by atoms with van der Waals surface area (Å²) in [6.07, 6.45) is 2.08. The first-order valence-corrected chi connectivity index (χ1v) is 6.03. The largest absolute Gasteiger partial charge is 0.490 e. The van der Waals surface area contributed by atoms with Gasteiger partial charge in [0.25, 0.3) is 0 Å². The zero-order valence-electron chi connectivity index (χ0n) is 10.4. The van der Waals surface area contributed by atoms with E-state index in [-0.39, 0.29) is 5.41 Å². The van der Waals surface area contributed by atoms with E-state index in [0.717, 1.165) is 37.6 Å². The van der Waals surface area contributed by atoms with Crippen LogP contribution in [-0.4, -0.2) is 13.2 Å². The van der Waals surface area contributed by atoms with Gasteiger partial charge in [-0.05, 0) is 29.5 Å². The summed E-state index contributed by atoms with van der Waals surface area (Å²) in [7, 11) is 0. The van der Waals surface area contributed by atoms with E-state index in [1.165, 1.54) is 5.56 Å². The maximum absolute atomic E-state index is 5.70. The van der Waals surface area contributed by atoms with Crippen LogP contribution in [0.5, 0.6) is 11.5 Å². The topological polar surface area (TPSA) is 18.5 Å². The lowest BCUT2D eigenvalue weighted by molar-refractivity contribution is 0.296. The molecule has 0 aliphatic carbocycles. The maximum Gasteiger partial charge on any atom is 0.161 e. The van der Waals surface area contributed by atoms with E-state index >= 15 is 0 Å². The summed E-state index contributed by atoms with van der Waals surface area (Å²) >= 11 is 0. The Morgan fingerprint density at radius 1 is 1.12 bits per heavy atom. The zero-order chi connectivity index (χ0) is 11.6. The minimum absolute atomic E-state index is 0.199. The van der Waals surface area contributed by atoms with Crippen LogP contribution in [0.15, 0.2) is 18.2 Å². The summed E-state index contributed by atoms with van der Waals surface area (Å²) in [6, 6.07) is 6.31. The fourth-order valence-corrected chi connectivity index (χ4v) is 1.79. The number of rotatable bonds is 2. The molecule has 1 aromatic carbocycles. The highest BCUT2D eigenvalue weighted by Crippen LogP contribution is 2.35. The fourth-order valence-electron chi connectivity index (χ4n) is 1.79. The molecule has 0 amide bonds. The van der Waals surface area contributed by atoms with Gasteiger partial charge in [0.15, 0.2) is 11.5 Å². The number of fused-ring (bicyclic) bond motifs is 1. The average molecular weight is 220 g/mol. The van der Waals surface area contributed by atoms with Crippen LogP contribution in [0.4, 0.5) is 0 Å². The van der Waals surface area contributed by atoms with Crippen LogP contribution < -0.4 is 9.47 Å². The van der Waals surface area contributed by atoms with Crippen molar-refractivity contribution in [3.8, 4) is 11.5 Å². The molecule has 0 bridgehead atoms. The molecule has 88 valence electrons. The van der Waals surface area contributed by atoms with Crippen LogP contribution in [0.1, 0.15) is 39.2 Å². The van der Waals surface area contributed by atoms with Gasteiger partial charge >= 0.3 is 0 Å². The van der Waals surface area contributed by atoms with Gasteiger partial charge < -0.3 is 9.47 Å². The van der Waals surface area contributed by atoms with Crippen molar-refractivity contribution in [1.82, 2.24) is 0 Å². The lowest BCUT2D eigenvalue weighted by atomic mass is 9.82. The normalized spacial score (nSPS) is 15.7. The second-order valence-electron chi connectivity index (χ2n) is 4.95. The summed E-state index contributed by atoms with van der Waals surface area (Å²) in [5.74, 6) is 1.78. The molecule has 0 atom stereocenters. The molecule has 0 radical (unpaired) electrons. The highest BCUT2D eigenvalue weighted by atomic mass is 16.5. The molecular weight excluding hydrogens is 200 g/mol. The predicted molar refractivity (Wildman–Crippen MR) is 65.4 cm³/mol. The molecule has 2 nitrogen and oxygen atoms in total. The molecule has 0 N–H and O–H groups in total. The second kappa shape index (κ2) is 4.36. The fraction of sp³-hybridized carbons (Fsp3) is 0.571. The van der Waals surface area contributed by atoms with Gasteiger partial charge in [-0.25, -0.2) is 0 Å². The Balaban J connectivity index is 2.34. The highest BCUT2D eigenvalue weighted by molar-refractivity contribution is 5.45. The third-order valence-corrected chi connectivity index (χ3v) is 3.41. The molecule has 2 heteroatoms. The molecule has 0 saturated carbocycles. The van der Waals surface area contributed by atoms with Gasteiger partial charge in [-0.2, -0.15) is 0 Å². The van der Waals surface area contributed by atoms with Crippen LogP contribution in [0.2, 0.25) is 0 Å². The zero-order valence-corrected chi connectivity index (χ0v) is 10.4. The molecule has 1 aromatic rings. The van der Waals surface area contributed by atoms with Crippen LogP contribution in [0.25, 0.3) is 0 Å². The Kier molecular flexibility index (Phi) is 3.08. The van der Waals surface area contributed by atoms with E-state index < -0.39 is 0 Å². The van der Waals surface area contributed by atoms with E-state index in [0.29, 0.717) is 0 Å². The van der Waals surface area contributed by atoms with Gasteiger partial charge in [-0.15, -0.1) is 0 Å². The number of benzene rings is 1. The van der Waals surface area contributed by atoms with Gasteiger partial charge in [-0.1, -0.05) is 26.8 Å². The number of ether oxygens (including phenoxy) is 2. The third kappa shape index (κ3) is 2.16. The molecule has 1 aliphatic rings. The minimum atomic E-state index is 0.199. The average Bonchev–Trinajstić information content (AvgIpc) is 2.53. The molecule has 0 unspecified atom stereocenters. The molecule has 0 spiro atoms. The van der Waals surface area contributed by atoms with Crippen molar-refractivity contribution in [1.29, 1.82) is 0 Å². The molecule has 0 aromatic heterocycles. The van der Waals surface area contributed by atoms with Crippen molar-refractivity contribution >= 4 is 0 Å². The SMILES string of the molecule is CCC(C)(C)c1ccc2c(c1)OCCCO2. The van der Waals surface area contributed by atoms with Crippen molar-refractivity contribution in [2.75, 3.05) is 13.2 Å². The van der Waals surface area contributed by atoms with Crippen molar-refractivity contribution in [2.24, 2.45) is 0 Å². The first-order valence-electron chi connectivity index (χ1n) is 6.03. The van der Waals surface area contributed by atoms with E-state index in [1.54, 1.807) is 0 Å². The van der Waals surface area contributed by atoms with Crippen molar-refractivity contribution in [3.05, 3.63) is 23.8 Å². The van der Waals surface area contributed by atoms with E-state index in [9.17, 15) is 0 Å². The lowest BCUT2D eigenvalue weighted by Gasteiger charge is -2.24. The molecule has 0 fully saturated rings. The Bertz CT molecular complexity index is 369. The van der Waals surface area contributed by atoms with Gasteiger partial charge in [0.05, 0.1) is 13.2 Å². The van der Waals surface area contributed by atoms with E-state index in [1.807, 2.05) is 6.07 Å². The summed E-state index contributed by atoms with van der Waals surface area (Å²) < 4.78 is 11.3. The van der Waals surface area contributed by atoms with Crippen molar-refractivity contribution in [3.63, 3.8) is 0 Å². The van der Waals surface area contributed by atoms with Crippen molar-refractivity contribution < 1.29 is 9.47 Å². The van der Waals surface area contributed by atoms with Crippen LogP contribution in [0.3, 0.4) is 0 Å². The molecule has 0 saturated heterocycles. The first kappa shape index (κ1) is 11.3. The predicted octanol–water partition coefficient (Wildman–Crippen LogP) is 3.54. The minimum Gasteiger partial charge on any atom is -0.490 e. The Morgan fingerprint density at radius 2 is 1.81 bits per heavy atom. The smallest absolute Gasteiger partial charge is 0.161 e. The third-order valence-electron chi connectivity index (χ3n) is 3.41. The number of hydrogen-bond acceptors (Lipinski definition) is 2. The Morgan fingerprint density at radius 3 is 2.50 bits per heavy atom. The highest BCUT2D eigenvalue weighted by Gasteiger charge is 2.20.